The lowest BCUT2D eigenvalue weighted by Crippen LogP contribution is -2.05. The van der Waals surface area contributed by atoms with Crippen molar-refractivity contribution in [3.8, 4) is 11.5 Å². The Balaban J connectivity index is 2.04. The van der Waals surface area contributed by atoms with E-state index in [-0.39, 0.29) is 17.0 Å². The van der Waals surface area contributed by atoms with Crippen LogP contribution in [0.25, 0.3) is 28.3 Å². The molecule has 29 heavy (non-hydrogen) atoms. The van der Waals surface area contributed by atoms with E-state index >= 15 is 0 Å². The first-order valence-corrected chi connectivity index (χ1v) is 10.1. The zero-order valence-corrected chi connectivity index (χ0v) is 16.9. The summed E-state index contributed by atoms with van der Waals surface area (Å²) in [7, 11) is 0.228. The van der Waals surface area contributed by atoms with Crippen molar-refractivity contribution in [3.63, 3.8) is 0 Å². The molecule has 0 aliphatic rings. The SMILES string of the molecule is CCS(=O)c1c(-c2nc3cc(C(F)(F)F)cnc3n2C)nn2c(C)cc(C)nc12. The van der Waals surface area contributed by atoms with E-state index in [4.69, 9.17) is 0 Å². The molecule has 0 aromatic carbocycles. The van der Waals surface area contributed by atoms with Gasteiger partial charge in [-0.3, -0.25) is 4.21 Å². The predicted molar refractivity (Wildman–Crippen MR) is 102 cm³/mol. The highest BCUT2D eigenvalue weighted by molar-refractivity contribution is 7.85. The van der Waals surface area contributed by atoms with Crippen LogP contribution in [-0.4, -0.2) is 39.1 Å². The van der Waals surface area contributed by atoms with E-state index < -0.39 is 22.5 Å². The van der Waals surface area contributed by atoms with E-state index in [0.29, 0.717) is 22.0 Å². The third-order valence-corrected chi connectivity index (χ3v) is 5.95. The molecule has 4 heterocycles. The number of aromatic nitrogens is 6. The van der Waals surface area contributed by atoms with Gasteiger partial charge in [-0.2, -0.15) is 18.3 Å². The van der Waals surface area contributed by atoms with E-state index in [1.54, 1.807) is 23.1 Å². The Kier molecular flexibility index (Phi) is 4.45. The van der Waals surface area contributed by atoms with Gasteiger partial charge in [-0.15, -0.1) is 0 Å². The molecule has 0 N–H and O–H groups in total. The van der Waals surface area contributed by atoms with Crippen LogP contribution in [0.15, 0.2) is 23.2 Å². The minimum atomic E-state index is -4.52. The molecule has 4 aromatic rings. The van der Waals surface area contributed by atoms with Crippen LogP contribution in [0.1, 0.15) is 23.9 Å². The molecule has 11 heteroatoms. The van der Waals surface area contributed by atoms with Crippen molar-refractivity contribution in [1.82, 2.24) is 29.1 Å². The molecule has 0 radical (unpaired) electrons. The summed E-state index contributed by atoms with van der Waals surface area (Å²) < 4.78 is 55.1. The van der Waals surface area contributed by atoms with E-state index in [1.165, 1.54) is 0 Å². The molecule has 4 aromatic heterocycles. The van der Waals surface area contributed by atoms with Gasteiger partial charge >= 0.3 is 6.18 Å². The Bertz CT molecular complexity index is 1290. The summed E-state index contributed by atoms with van der Waals surface area (Å²) in [6.45, 7) is 5.46. The smallest absolute Gasteiger partial charge is 0.310 e. The predicted octanol–water partition coefficient (Wildman–Crippen LogP) is 3.44. The van der Waals surface area contributed by atoms with Gasteiger partial charge in [-0.05, 0) is 26.0 Å². The van der Waals surface area contributed by atoms with Gasteiger partial charge < -0.3 is 4.57 Å². The van der Waals surface area contributed by atoms with Gasteiger partial charge in [0.2, 0.25) is 0 Å². The lowest BCUT2D eigenvalue weighted by molar-refractivity contribution is -0.137. The fourth-order valence-corrected chi connectivity index (χ4v) is 4.22. The molecule has 0 saturated carbocycles. The van der Waals surface area contributed by atoms with Gasteiger partial charge in [-0.1, -0.05) is 6.92 Å². The van der Waals surface area contributed by atoms with Crippen molar-refractivity contribution in [1.29, 1.82) is 0 Å². The fraction of sp³-hybridized carbons (Fsp3) is 0.333. The number of rotatable bonds is 3. The average Bonchev–Trinajstić information content (AvgIpc) is 3.18. The number of nitrogens with zero attached hydrogens (tertiary/aromatic N) is 6. The number of hydrogen-bond donors (Lipinski definition) is 0. The first kappa shape index (κ1) is 19.5. The summed E-state index contributed by atoms with van der Waals surface area (Å²) in [6, 6.07) is 2.79. The normalized spacial score (nSPS) is 13.5. The molecule has 0 amide bonds. The lowest BCUT2D eigenvalue weighted by Gasteiger charge is -2.05. The van der Waals surface area contributed by atoms with Crippen molar-refractivity contribution >= 4 is 27.6 Å². The minimum Gasteiger partial charge on any atom is -0.310 e. The number of hydrogen-bond acceptors (Lipinski definition) is 5. The van der Waals surface area contributed by atoms with Crippen molar-refractivity contribution in [2.45, 2.75) is 31.8 Å². The molecule has 0 bridgehead atoms. The largest absolute Gasteiger partial charge is 0.417 e. The van der Waals surface area contributed by atoms with Gasteiger partial charge in [0.25, 0.3) is 0 Å². The van der Waals surface area contributed by atoms with Gasteiger partial charge in [0.15, 0.2) is 17.1 Å². The highest BCUT2D eigenvalue weighted by atomic mass is 32.2. The first-order valence-electron chi connectivity index (χ1n) is 8.77. The number of pyridine rings is 1. The molecule has 0 aliphatic heterocycles. The third-order valence-electron chi connectivity index (χ3n) is 4.59. The Morgan fingerprint density at radius 3 is 2.52 bits per heavy atom. The highest BCUT2D eigenvalue weighted by Gasteiger charge is 2.32. The summed E-state index contributed by atoms with van der Waals surface area (Å²) >= 11 is 0. The maximum atomic E-state index is 13.0. The monoisotopic (exact) mass is 422 g/mol. The molecular weight excluding hydrogens is 405 g/mol. The number of imidazole rings is 1. The second kappa shape index (κ2) is 6.61. The fourth-order valence-electron chi connectivity index (χ4n) is 3.24. The summed E-state index contributed by atoms with van der Waals surface area (Å²) in [5.74, 6) is 0.620. The Morgan fingerprint density at radius 2 is 1.86 bits per heavy atom. The Labute approximate surface area is 166 Å². The maximum Gasteiger partial charge on any atom is 0.417 e. The summed E-state index contributed by atoms with van der Waals surface area (Å²) in [4.78, 5) is 13.2. The summed E-state index contributed by atoms with van der Waals surface area (Å²) in [6.07, 6.45) is -3.74. The highest BCUT2D eigenvalue weighted by Crippen LogP contribution is 2.33. The van der Waals surface area contributed by atoms with Crippen LogP contribution in [-0.2, 0) is 24.0 Å². The molecule has 1 unspecified atom stereocenters. The van der Waals surface area contributed by atoms with E-state index in [0.717, 1.165) is 23.7 Å². The molecule has 0 spiro atoms. The maximum absolute atomic E-state index is 13.0. The van der Waals surface area contributed by atoms with Crippen LogP contribution >= 0.6 is 0 Å². The van der Waals surface area contributed by atoms with Gasteiger partial charge in [0.05, 0.1) is 16.4 Å². The first-order chi connectivity index (χ1) is 13.6. The Hall–Kier alpha value is -2.82. The quantitative estimate of drug-likeness (QED) is 0.505. The average molecular weight is 422 g/mol. The van der Waals surface area contributed by atoms with Crippen LogP contribution in [0.4, 0.5) is 13.2 Å². The third kappa shape index (κ3) is 3.09. The van der Waals surface area contributed by atoms with Crippen LogP contribution in [0.5, 0.6) is 0 Å². The zero-order chi connectivity index (χ0) is 21.1. The molecule has 0 aliphatic carbocycles. The lowest BCUT2D eigenvalue weighted by atomic mass is 10.2. The zero-order valence-electron chi connectivity index (χ0n) is 16.1. The van der Waals surface area contributed by atoms with Crippen LogP contribution in [0.2, 0.25) is 0 Å². The van der Waals surface area contributed by atoms with Crippen molar-refractivity contribution < 1.29 is 17.4 Å². The molecule has 0 saturated heterocycles. The summed E-state index contributed by atoms with van der Waals surface area (Å²) in [5.41, 5.74) is 1.80. The van der Waals surface area contributed by atoms with Crippen molar-refractivity contribution in [2.24, 2.45) is 7.05 Å². The number of alkyl halides is 3. The Morgan fingerprint density at radius 1 is 1.14 bits per heavy atom. The number of fused-ring (bicyclic) bond motifs is 2. The van der Waals surface area contributed by atoms with Crippen LogP contribution < -0.4 is 0 Å². The standard InChI is InChI=1S/C18H17F3N6OS/c1-5-29(28)14-13(25-27-10(3)6-9(2)23-17(14)27)16-24-12-7-11(18(19,20)21)8-22-15(12)26(16)4/h6-8H,5H2,1-4H3. The molecule has 4 rings (SSSR count). The van der Waals surface area contributed by atoms with E-state index in [9.17, 15) is 17.4 Å². The second-order valence-electron chi connectivity index (χ2n) is 6.65. The van der Waals surface area contributed by atoms with Gasteiger partial charge in [0.1, 0.15) is 16.1 Å². The molecule has 152 valence electrons. The second-order valence-corrected chi connectivity index (χ2v) is 8.32. The molecular formula is C18H17F3N6OS. The van der Waals surface area contributed by atoms with Gasteiger partial charge in [0, 0.05) is 30.4 Å². The molecule has 7 nitrogen and oxygen atoms in total. The van der Waals surface area contributed by atoms with Crippen LogP contribution in [0, 0.1) is 13.8 Å². The summed E-state index contributed by atoms with van der Waals surface area (Å²) in [5, 5.41) is 4.55. The van der Waals surface area contributed by atoms with E-state index in [1.807, 2.05) is 19.9 Å². The number of halogens is 3. The van der Waals surface area contributed by atoms with Gasteiger partial charge in [-0.25, -0.2) is 19.5 Å². The molecule has 1 atom stereocenters. The van der Waals surface area contributed by atoms with Crippen molar-refractivity contribution in [2.75, 3.05) is 5.75 Å². The molecule has 0 fully saturated rings. The minimum absolute atomic E-state index is 0.0865. The van der Waals surface area contributed by atoms with E-state index in [2.05, 4.69) is 20.1 Å². The topological polar surface area (TPSA) is 78.0 Å². The number of aryl methyl sites for hydroxylation is 3. The van der Waals surface area contributed by atoms with Crippen molar-refractivity contribution in [3.05, 3.63) is 35.3 Å². The van der Waals surface area contributed by atoms with Crippen LogP contribution in [0.3, 0.4) is 0 Å².